The lowest BCUT2D eigenvalue weighted by Gasteiger charge is -2.16. The Morgan fingerprint density at radius 2 is 2.12 bits per heavy atom. The van der Waals surface area contributed by atoms with Gasteiger partial charge in [-0.1, -0.05) is 41.9 Å². The first-order valence-electron chi connectivity index (χ1n) is 7.45. The summed E-state index contributed by atoms with van der Waals surface area (Å²) in [6.45, 7) is 4.16. The number of aliphatic carboxylic acids is 1. The quantitative estimate of drug-likeness (QED) is 0.465. The van der Waals surface area contributed by atoms with E-state index in [1.165, 1.54) is 6.20 Å². The molecule has 0 saturated heterocycles. The van der Waals surface area contributed by atoms with E-state index in [1.807, 2.05) is 38.1 Å². The summed E-state index contributed by atoms with van der Waals surface area (Å²) in [5.41, 5.74) is 0.807. The third-order valence-electron chi connectivity index (χ3n) is 3.12. The molecule has 3 N–H and O–H groups in total. The zero-order valence-corrected chi connectivity index (χ0v) is 15.1. The molecule has 0 fully saturated rings. The van der Waals surface area contributed by atoms with Crippen molar-refractivity contribution in [2.75, 3.05) is 0 Å². The summed E-state index contributed by atoms with van der Waals surface area (Å²) < 4.78 is 0.932. The number of nitriles is 1. The first-order chi connectivity index (χ1) is 11.3. The maximum Gasteiger partial charge on any atom is 0.326 e. The van der Waals surface area contributed by atoms with E-state index >= 15 is 0 Å². The van der Waals surface area contributed by atoms with E-state index in [2.05, 4.69) is 26.6 Å². The maximum atomic E-state index is 12.1. The van der Waals surface area contributed by atoms with Gasteiger partial charge in [0.2, 0.25) is 0 Å². The van der Waals surface area contributed by atoms with Crippen molar-refractivity contribution in [3.8, 4) is 6.07 Å². The second-order valence-electron chi connectivity index (χ2n) is 5.67. The molecule has 128 valence electrons. The van der Waals surface area contributed by atoms with Crippen LogP contribution in [0.4, 0.5) is 0 Å². The molecule has 0 heterocycles. The Balaban J connectivity index is 2.68. The molecule has 0 aromatic heterocycles. The lowest BCUT2D eigenvalue weighted by molar-refractivity contribution is -0.141. The number of benzene rings is 1. The molecule has 1 aromatic carbocycles. The molecule has 0 aliphatic heterocycles. The lowest BCUT2D eigenvalue weighted by atomic mass is 10.0. The molecule has 1 rings (SSSR count). The predicted octanol–water partition coefficient (Wildman–Crippen LogP) is 2.56. The molecule has 0 saturated carbocycles. The maximum absolute atomic E-state index is 12.1. The highest BCUT2D eigenvalue weighted by molar-refractivity contribution is 9.10. The number of hydrogen-bond donors (Lipinski definition) is 3. The molecule has 6 nitrogen and oxygen atoms in total. The molecule has 0 aliphatic rings. The van der Waals surface area contributed by atoms with Gasteiger partial charge in [-0.3, -0.25) is 4.79 Å². The van der Waals surface area contributed by atoms with Crippen molar-refractivity contribution in [1.29, 1.82) is 5.26 Å². The van der Waals surface area contributed by atoms with Crippen molar-refractivity contribution in [2.45, 2.75) is 32.9 Å². The van der Waals surface area contributed by atoms with Crippen LogP contribution < -0.4 is 10.6 Å². The van der Waals surface area contributed by atoms with Crippen LogP contribution in [0.2, 0.25) is 0 Å². The molecule has 0 radical (unpaired) electrons. The predicted molar refractivity (Wildman–Crippen MR) is 93.7 cm³/mol. The molecule has 1 aromatic rings. The normalized spacial score (nSPS) is 12.4. The second kappa shape index (κ2) is 9.73. The average Bonchev–Trinajstić information content (AvgIpc) is 2.50. The lowest BCUT2D eigenvalue weighted by Crippen LogP contribution is -2.42. The largest absolute Gasteiger partial charge is 0.480 e. The van der Waals surface area contributed by atoms with E-state index in [0.717, 1.165) is 10.0 Å². The number of amides is 1. The number of halogens is 1. The van der Waals surface area contributed by atoms with Crippen LogP contribution >= 0.6 is 15.9 Å². The van der Waals surface area contributed by atoms with Gasteiger partial charge in [0.15, 0.2) is 0 Å². The number of nitrogens with zero attached hydrogens (tertiary/aromatic N) is 1. The van der Waals surface area contributed by atoms with Crippen LogP contribution in [0, 0.1) is 17.2 Å². The molecular formula is C17H20BrN3O3. The molecule has 1 unspecified atom stereocenters. The fourth-order valence-electron chi connectivity index (χ4n) is 2.00. The molecule has 7 heteroatoms. The van der Waals surface area contributed by atoms with Gasteiger partial charge in [0, 0.05) is 17.2 Å². The Hall–Kier alpha value is -2.33. The third kappa shape index (κ3) is 6.84. The zero-order valence-electron chi connectivity index (χ0n) is 13.5. The van der Waals surface area contributed by atoms with Crippen LogP contribution in [0.5, 0.6) is 0 Å². The van der Waals surface area contributed by atoms with E-state index in [1.54, 1.807) is 6.07 Å². The van der Waals surface area contributed by atoms with E-state index in [4.69, 9.17) is 10.4 Å². The van der Waals surface area contributed by atoms with Crippen molar-refractivity contribution in [3.63, 3.8) is 0 Å². The van der Waals surface area contributed by atoms with E-state index in [0.29, 0.717) is 13.0 Å². The van der Waals surface area contributed by atoms with Crippen molar-refractivity contribution < 1.29 is 14.7 Å². The molecular weight excluding hydrogens is 374 g/mol. The smallest absolute Gasteiger partial charge is 0.326 e. The minimum absolute atomic E-state index is 0.107. The van der Waals surface area contributed by atoms with E-state index < -0.39 is 17.9 Å². The monoisotopic (exact) mass is 393 g/mol. The summed E-state index contributed by atoms with van der Waals surface area (Å²) in [7, 11) is 0. The highest BCUT2D eigenvalue weighted by Crippen LogP contribution is 2.11. The standard InChI is InChI=1S/C17H20BrN3O3/c1-11(2)6-15(17(23)24)21-16(22)13(8-19)10-20-9-12-4-3-5-14(18)7-12/h3-5,7,10-11,15,20H,6,9H2,1-2H3,(H,21,22)(H,23,24)/b13-10-. The van der Waals surface area contributed by atoms with E-state index in [-0.39, 0.29) is 11.5 Å². The first kappa shape index (κ1) is 19.7. The van der Waals surface area contributed by atoms with Crippen LogP contribution in [0.1, 0.15) is 25.8 Å². The van der Waals surface area contributed by atoms with Crippen molar-refractivity contribution in [2.24, 2.45) is 5.92 Å². The first-order valence-corrected chi connectivity index (χ1v) is 8.24. The summed E-state index contributed by atoms with van der Waals surface area (Å²) in [6, 6.07) is 8.36. The number of carboxylic acid groups (broad SMARTS) is 1. The molecule has 0 aliphatic carbocycles. The Bertz CT molecular complexity index is 665. The number of carboxylic acids is 1. The summed E-state index contributed by atoms with van der Waals surface area (Å²) in [5.74, 6) is -1.71. The molecule has 1 atom stereocenters. The number of hydrogen-bond acceptors (Lipinski definition) is 4. The number of carbonyl (C=O) groups excluding carboxylic acids is 1. The van der Waals surface area contributed by atoms with Crippen LogP contribution in [0.15, 0.2) is 40.5 Å². The van der Waals surface area contributed by atoms with Gasteiger partial charge in [-0.25, -0.2) is 4.79 Å². The van der Waals surface area contributed by atoms with Gasteiger partial charge in [0.05, 0.1) is 0 Å². The summed E-state index contributed by atoms with van der Waals surface area (Å²) >= 11 is 3.36. The zero-order chi connectivity index (χ0) is 18.1. The van der Waals surface area contributed by atoms with Gasteiger partial charge in [-0.2, -0.15) is 5.26 Å². The Morgan fingerprint density at radius 1 is 1.42 bits per heavy atom. The van der Waals surface area contributed by atoms with Gasteiger partial charge >= 0.3 is 5.97 Å². The fraction of sp³-hybridized carbons (Fsp3) is 0.353. The van der Waals surface area contributed by atoms with Crippen molar-refractivity contribution >= 4 is 27.8 Å². The fourth-order valence-corrected chi connectivity index (χ4v) is 2.44. The van der Waals surface area contributed by atoms with Gasteiger partial charge in [-0.05, 0) is 30.0 Å². The molecule has 24 heavy (non-hydrogen) atoms. The number of rotatable bonds is 8. The minimum atomic E-state index is -1.11. The summed E-state index contributed by atoms with van der Waals surface area (Å²) in [4.78, 5) is 23.2. The SMILES string of the molecule is CC(C)CC(NC(=O)/C(C#N)=C\NCc1cccc(Br)c1)C(=O)O. The van der Waals surface area contributed by atoms with Crippen LogP contribution in [-0.2, 0) is 16.1 Å². The van der Waals surface area contributed by atoms with Crippen LogP contribution in [-0.4, -0.2) is 23.0 Å². The second-order valence-corrected chi connectivity index (χ2v) is 6.59. The molecule has 0 spiro atoms. The minimum Gasteiger partial charge on any atom is -0.480 e. The Kier molecular flexibility index (Phi) is 7.99. The van der Waals surface area contributed by atoms with Gasteiger partial charge in [-0.15, -0.1) is 0 Å². The topological polar surface area (TPSA) is 102 Å². The van der Waals surface area contributed by atoms with E-state index in [9.17, 15) is 9.59 Å². The van der Waals surface area contributed by atoms with Gasteiger partial charge < -0.3 is 15.7 Å². The van der Waals surface area contributed by atoms with Crippen molar-refractivity contribution in [1.82, 2.24) is 10.6 Å². The Labute approximate surface area is 149 Å². The molecule has 1 amide bonds. The number of carbonyl (C=O) groups is 2. The highest BCUT2D eigenvalue weighted by atomic mass is 79.9. The molecule has 0 bridgehead atoms. The Morgan fingerprint density at radius 3 is 2.67 bits per heavy atom. The average molecular weight is 394 g/mol. The van der Waals surface area contributed by atoms with Gasteiger partial charge in [0.25, 0.3) is 5.91 Å². The highest BCUT2D eigenvalue weighted by Gasteiger charge is 2.22. The van der Waals surface area contributed by atoms with Crippen LogP contribution in [0.25, 0.3) is 0 Å². The third-order valence-corrected chi connectivity index (χ3v) is 3.61. The van der Waals surface area contributed by atoms with Gasteiger partial charge in [0.1, 0.15) is 17.7 Å². The number of nitrogens with one attached hydrogen (secondary N) is 2. The summed E-state index contributed by atoms with van der Waals surface area (Å²) in [5, 5.41) is 23.5. The van der Waals surface area contributed by atoms with Crippen molar-refractivity contribution in [3.05, 3.63) is 46.1 Å². The summed E-state index contributed by atoms with van der Waals surface area (Å²) in [6.07, 6.45) is 1.59. The van der Waals surface area contributed by atoms with Crippen LogP contribution in [0.3, 0.4) is 0 Å².